The van der Waals surface area contributed by atoms with Crippen LogP contribution in [0.3, 0.4) is 0 Å². The van der Waals surface area contributed by atoms with Crippen molar-refractivity contribution in [2.75, 3.05) is 26.2 Å². The first-order chi connectivity index (χ1) is 15.7. The molecule has 0 saturated carbocycles. The van der Waals surface area contributed by atoms with Crippen molar-refractivity contribution in [3.8, 4) is 10.7 Å². The molecule has 0 spiro atoms. The second kappa shape index (κ2) is 8.18. The van der Waals surface area contributed by atoms with Gasteiger partial charge in [-0.25, -0.2) is 0 Å². The van der Waals surface area contributed by atoms with Crippen LogP contribution in [0.1, 0.15) is 29.0 Å². The van der Waals surface area contributed by atoms with Gasteiger partial charge in [-0.15, -0.1) is 11.3 Å². The van der Waals surface area contributed by atoms with Crippen LogP contribution < -0.4 is 0 Å². The Morgan fingerprint density at radius 2 is 1.97 bits per heavy atom. The number of thiophene rings is 1. The molecule has 2 aliphatic rings. The molecule has 0 unspecified atom stereocenters. The van der Waals surface area contributed by atoms with Crippen molar-refractivity contribution in [2.24, 2.45) is 0 Å². The molecule has 1 amide bonds. The van der Waals surface area contributed by atoms with Crippen molar-refractivity contribution in [3.63, 3.8) is 0 Å². The number of furan rings is 1. The number of hydrogen-bond donors (Lipinski definition) is 0. The zero-order valence-electron chi connectivity index (χ0n) is 17.7. The Labute approximate surface area is 189 Å². The molecule has 7 nitrogen and oxygen atoms in total. The summed E-state index contributed by atoms with van der Waals surface area (Å²) in [6, 6.07) is 8.35. The third-order valence-electron chi connectivity index (χ3n) is 6.50. The molecule has 164 valence electrons. The van der Waals surface area contributed by atoms with E-state index >= 15 is 0 Å². The van der Waals surface area contributed by atoms with Gasteiger partial charge in [0.2, 0.25) is 17.6 Å². The average Bonchev–Trinajstić information content (AvgIpc) is 3.60. The van der Waals surface area contributed by atoms with Gasteiger partial charge in [-0.3, -0.25) is 9.69 Å². The van der Waals surface area contributed by atoms with Gasteiger partial charge in [-0.05, 0) is 54.0 Å². The molecule has 1 aromatic carbocycles. The zero-order chi connectivity index (χ0) is 21.5. The molecule has 32 heavy (non-hydrogen) atoms. The lowest BCUT2D eigenvalue weighted by molar-refractivity contribution is -0.132. The maximum atomic E-state index is 13.0. The minimum Gasteiger partial charge on any atom is -0.464 e. The van der Waals surface area contributed by atoms with Crippen LogP contribution in [0, 0.1) is 0 Å². The molecule has 1 saturated heterocycles. The smallest absolute Gasteiger partial charge is 0.241 e. The van der Waals surface area contributed by atoms with E-state index in [2.05, 4.69) is 27.2 Å². The number of benzene rings is 1. The Bertz CT molecular complexity index is 1250. The van der Waals surface area contributed by atoms with E-state index in [1.807, 2.05) is 22.4 Å². The van der Waals surface area contributed by atoms with Gasteiger partial charge in [0, 0.05) is 37.1 Å². The molecular weight excluding hydrogens is 424 g/mol. The van der Waals surface area contributed by atoms with Gasteiger partial charge in [0.05, 0.1) is 24.1 Å². The standard InChI is InChI=1S/C24H24N4O3S/c29-23(13-18-15-30-20-12-17-4-1-3-16(17)11-19(18)20)28-8-6-27(7-9-28)14-22-25-24(26-31-22)21-5-2-10-32-21/h2,5,10-12,15H,1,3-4,6-9,13-14H2. The number of nitrogens with zero attached hydrogens (tertiary/aromatic N) is 4. The second-order valence-electron chi connectivity index (χ2n) is 8.55. The highest BCUT2D eigenvalue weighted by Crippen LogP contribution is 2.31. The Hall–Kier alpha value is -2.97. The lowest BCUT2D eigenvalue weighted by Crippen LogP contribution is -2.48. The normalized spacial score (nSPS) is 16.7. The van der Waals surface area contributed by atoms with Crippen LogP contribution in [0.2, 0.25) is 0 Å². The molecule has 4 aromatic rings. The maximum Gasteiger partial charge on any atom is 0.241 e. The molecule has 1 aliphatic carbocycles. The molecular formula is C24H24N4O3S. The number of piperazine rings is 1. The van der Waals surface area contributed by atoms with Crippen LogP contribution in [0.15, 0.2) is 44.8 Å². The molecule has 1 aliphatic heterocycles. The Balaban J connectivity index is 1.06. The van der Waals surface area contributed by atoms with Gasteiger partial charge < -0.3 is 13.8 Å². The second-order valence-corrected chi connectivity index (χ2v) is 9.50. The summed E-state index contributed by atoms with van der Waals surface area (Å²) in [4.78, 5) is 22.7. The summed E-state index contributed by atoms with van der Waals surface area (Å²) in [5.41, 5.74) is 4.70. The molecule has 0 radical (unpaired) electrons. The third kappa shape index (κ3) is 3.73. The van der Waals surface area contributed by atoms with E-state index in [0.29, 0.717) is 37.8 Å². The molecule has 3 aromatic heterocycles. The number of amides is 1. The summed E-state index contributed by atoms with van der Waals surface area (Å²) < 4.78 is 11.2. The highest BCUT2D eigenvalue weighted by atomic mass is 32.1. The van der Waals surface area contributed by atoms with Crippen molar-refractivity contribution in [3.05, 3.63) is 58.5 Å². The van der Waals surface area contributed by atoms with Crippen LogP contribution in [-0.2, 0) is 30.6 Å². The van der Waals surface area contributed by atoms with Crippen molar-refractivity contribution in [2.45, 2.75) is 32.2 Å². The number of aromatic nitrogens is 2. The first kappa shape index (κ1) is 19.7. The number of aryl methyl sites for hydroxylation is 2. The molecule has 0 atom stereocenters. The quantitative estimate of drug-likeness (QED) is 0.461. The van der Waals surface area contributed by atoms with Crippen molar-refractivity contribution >= 4 is 28.2 Å². The van der Waals surface area contributed by atoms with E-state index in [4.69, 9.17) is 8.94 Å². The average molecular weight is 449 g/mol. The predicted octanol–water partition coefficient (Wildman–Crippen LogP) is 3.92. The fourth-order valence-corrected chi connectivity index (χ4v) is 5.38. The number of carbonyl (C=O) groups is 1. The van der Waals surface area contributed by atoms with E-state index in [1.165, 1.54) is 17.5 Å². The highest BCUT2D eigenvalue weighted by molar-refractivity contribution is 7.13. The van der Waals surface area contributed by atoms with E-state index in [-0.39, 0.29) is 5.91 Å². The monoisotopic (exact) mass is 448 g/mol. The maximum absolute atomic E-state index is 13.0. The van der Waals surface area contributed by atoms with Crippen LogP contribution in [0.4, 0.5) is 0 Å². The first-order valence-corrected chi connectivity index (χ1v) is 12.0. The fourth-order valence-electron chi connectivity index (χ4n) is 4.73. The van der Waals surface area contributed by atoms with Gasteiger partial charge in [0.1, 0.15) is 5.58 Å². The minimum atomic E-state index is 0.158. The third-order valence-corrected chi connectivity index (χ3v) is 7.37. The largest absolute Gasteiger partial charge is 0.464 e. The van der Waals surface area contributed by atoms with Crippen LogP contribution >= 0.6 is 11.3 Å². The zero-order valence-corrected chi connectivity index (χ0v) is 18.6. The summed E-state index contributed by atoms with van der Waals surface area (Å²) in [6.07, 6.45) is 5.61. The summed E-state index contributed by atoms with van der Waals surface area (Å²) in [7, 11) is 0. The lowest BCUT2D eigenvalue weighted by atomic mass is 10.0. The molecule has 1 fully saturated rings. The summed E-state index contributed by atoms with van der Waals surface area (Å²) in [5.74, 6) is 1.41. The molecule has 0 N–H and O–H groups in total. The SMILES string of the molecule is O=C(Cc1coc2cc3c(cc12)CCC3)N1CCN(Cc2nc(-c3cccs3)no2)CC1. The van der Waals surface area contributed by atoms with E-state index in [9.17, 15) is 4.79 Å². The summed E-state index contributed by atoms with van der Waals surface area (Å²) in [5, 5.41) is 7.17. The molecule has 6 rings (SSSR count). The van der Waals surface area contributed by atoms with Crippen molar-refractivity contribution in [1.82, 2.24) is 19.9 Å². The van der Waals surface area contributed by atoms with Gasteiger partial charge in [0.25, 0.3) is 0 Å². The number of hydrogen-bond acceptors (Lipinski definition) is 7. The van der Waals surface area contributed by atoms with Crippen LogP contribution in [0.25, 0.3) is 21.7 Å². The van der Waals surface area contributed by atoms with E-state index < -0.39 is 0 Å². The van der Waals surface area contributed by atoms with Crippen molar-refractivity contribution in [1.29, 1.82) is 0 Å². The molecule has 0 bridgehead atoms. The number of carbonyl (C=O) groups excluding carboxylic acids is 1. The highest BCUT2D eigenvalue weighted by Gasteiger charge is 2.24. The number of rotatable bonds is 5. The van der Waals surface area contributed by atoms with Gasteiger partial charge >= 0.3 is 0 Å². The van der Waals surface area contributed by atoms with Gasteiger partial charge in [-0.1, -0.05) is 11.2 Å². The van der Waals surface area contributed by atoms with Crippen molar-refractivity contribution < 1.29 is 13.7 Å². The summed E-state index contributed by atoms with van der Waals surface area (Å²) >= 11 is 1.60. The predicted molar refractivity (Wildman–Crippen MR) is 121 cm³/mol. The number of fused-ring (bicyclic) bond motifs is 2. The van der Waals surface area contributed by atoms with E-state index in [0.717, 1.165) is 47.3 Å². The van der Waals surface area contributed by atoms with Crippen LogP contribution in [0.5, 0.6) is 0 Å². The Morgan fingerprint density at radius 3 is 2.78 bits per heavy atom. The van der Waals surface area contributed by atoms with Gasteiger partial charge in [0.15, 0.2) is 0 Å². The van der Waals surface area contributed by atoms with E-state index in [1.54, 1.807) is 17.6 Å². The topological polar surface area (TPSA) is 75.6 Å². The Kier molecular flexibility index (Phi) is 5.04. The molecule has 4 heterocycles. The first-order valence-electron chi connectivity index (χ1n) is 11.1. The minimum absolute atomic E-state index is 0.158. The van der Waals surface area contributed by atoms with Gasteiger partial charge in [-0.2, -0.15) is 4.98 Å². The lowest BCUT2D eigenvalue weighted by Gasteiger charge is -2.34. The summed E-state index contributed by atoms with van der Waals surface area (Å²) in [6.45, 7) is 3.61. The Morgan fingerprint density at radius 1 is 1.12 bits per heavy atom. The fraction of sp³-hybridized carbons (Fsp3) is 0.375. The molecule has 8 heteroatoms. The van der Waals surface area contributed by atoms with Crippen LogP contribution in [-0.4, -0.2) is 52.0 Å².